The Morgan fingerprint density at radius 1 is 1.19 bits per heavy atom. The normalized spacial score (nSPS) is 24.8. The lowest BCUT2D eigenvalue weighted by molar-refractivity contribution is -0.131. The summed E-state index contributed by atoms with van der Waals surface area (Å²) in [6.45, 7) is 5.64. The van der Waals surface area contributed by atoms with Gasteiger partial charge in [0.25, 0.3) is 5.91 Å². The highest BCUT2D eigenvalue weighted by Crippen LogP contribution is 2.40. The van der Waals surface area contributed by atoms with Crippen molar-refractivity contribution in [3.05, 3.63) is 36.4 Å². The van der Waals surface area contributed by atoms with Crippen LogP contribution in [0.1, 0.15) is 37.0 Å². The average molecular weight is 436 g/mol. The molecule has 1 saturated carbocycles. The number of aryl methyl sites for hydroxylation is 1. The van der Waals surface area contributed by atoms with E-state index in [1.54, 1.807) is 15.4 Å². The van der Waals surface area contributed by atoms with E-state index < -0.39 is 5.91 Å². The van der Waals surface area contributed by atoms with Crippen molar-refractivity contribution in [2.24, 2.45) is 30.5 Å². The number of hydrogen-bond donors (Lipinski definition) is 2. The zero-order chi connectivity index (χ0) is 22.6. The molecule has 0 aromatic carbocycles. The van der Waals surface area contributed by atoms with E-state index in [4.69, 9.17) is 5.73 Å². The molecule has 4 heterocycles. The summed E-state index contributed by atoms with van der Waals surface area (Å²) >= 11 is 0. The number of hydrogen-bond acceptors (Lipinski definition) is 5. The van der Waals surface area contributed by atoms with Crippen LogP contribution in [0.3, 0.4) is 0 Å². The monoisotopic (exact) mass is 435 g/mol. The molecule has 0 bridgehead atoms. The summed E-state index contributed by atoms with van der Waals surface area (Å²) in [6.07, 6.45) is 9.08. The first-order valence-corrected chi connectivity index (χ1v) is 11.2. The third kappa shape index (κ3) is 3.51. The van der Waals surface area contributed by atoms with Crippen LogP contribution in [-0.4, -0.2) is 55.2 Å². The minimum atomic E-state index is -0.530. The van der Waals surface area contributed by atoms with Gasteiger partial charge in [0.1, 0.15) is 0 Å². The summed E-state index contributed by atoms with van der Waals surface area (Å²) in [7, 11) is 1.87. The van der Waals surface area contributed by atoms with Gasteiger partial charge in [-0.1, -0.05) is 13.8 Å². The van der Waals surface area contributed by atoms with E-state index in [-0.39, 0.29) is 17.9 Å². The molecule has 9 nitrogen and oxygen atoms in total. The maximum atomic E-state index is 12.8. The van der Waals surface area contributed by atoms with Gasteiger partial charge in [0.15, 0.2) is 0 Å². The van der Waals surface area contributed by atoms with Crippen LogP contribution in [0.5, 0.6) is 0 Å². The summed E-state index contributed by atoms with van der Waals surface area (Å²) in [5.41, 5.74) is 9.41. The van der Waals surface area contributed by atoms with Crippen molar-refractivity contribution in [2.45, 2.75) is 32.7 Å². The summed E-state index contributed by atoms with van der Waals surface area (Å²) in [4.78, 5) is 27.0. The number of rotatable bonds is 6. The molecular weight excluding hydrogens is 406 g/mol. The van der Waals surface area contributed by atoms with Gasteiger partial charge in [0.05, 0.1) is 29.2 Å². The second-order valence-corrected chi connectivity index (χ2v) is 9.24. The highest BCUT2D eigenvalue weighted by Gasteiger charge is 2.45. The van der Waals surface area contributed by atoms with E-state index in [1.807, 2.05) is 30.4 Å². The third-order valence-electron chi connectivity index (χ3n) is 6.97. The van der Waals surface area contributed by atoms with E-state index in [0.717, 1.165) is 36.0 Å². The van der Waals surface area contributed by atoms with Crippen molar-refractivity contribution < 1.29 is 9.59 Å². The highest BCUT2D eigenvalue weighted by molar-refractivity contribution is 6.02. The fraction of sp³-hybridized carbons (Fsp3) is 0.478. The molecule has 168 valence electrons. The first-order chi connectivity index (χ1) is 15.4. The van der Waals surface area contributed by atoms with E-state index in [0.29, 0.717) is 29.6 Å². The quantitative estimate of drug-likeness (QED) is 0.616. The Balaban J connectivity index is 1.49. The fourth-order valence-electron chi connectivity index (χ4n) is 4.84. The van der Waals surface area contributed by atoms with E-state index in [9.17, 15) is 9.59 Å². The molecular formula is C23H29N7O2. The summed E-state index contributed by atoms with van der Waals surface area (Å²) in [5, 5.41) is 12.2. The number of likely N-dealkylation sites (tertiary alicyclic amines) is 1. The van der Waals surface area contributed by atoms with E-state index in [1.165, 1.54) is 6.20 Å². The van der Waals surface area contributed by atoms with Gasteiger partial charge in [-0.05, 0) is 30.7 Å². The van der Waals surface area contributed by atoms with Crippen LogP contribution in [0.4, 0.5) is 5.69 Å². The Morgan fingerprint density at radius 3 is 2.59 bits per heavy atom. The Bertz CT molecular complexity index is 1200. The van der Waals surface area contributed by atoms with Crippen LogP contribution >= 0.6 is 0 Å². The van der Waals surface area contributed by atoms with Crippen molar-refractivity contribution in [3.8, 4) is 11.1 Å². The van der Waals surface area contributed by atoms with Gasteiger partial charge in [-0.2, -0.15) is 10.2 Å². The topological polar surface area (TPSA) is 111 Å². The maximum Gasteiger partial charge on any atom is 0.252 e. The van der Waals surface area contributed by atoms with Crippen LogP contribution in [0.25, 0.3) is 16.6 Å². The van der Waals surface area contributed by atoms with Crippen molar-refractivity contribution in [2.75, 3.05) is 18.4 Å². The van der Waals surface area contributed by atoms with Crippen LogP contribution in [0.2, 0.25) is 0 Å². The number of nitrogens with zero attached hydrogens (tertiary/aromatic N) is 5. The van der Waals surface area contributed by atoms with Crippen LogP contribution in [0.15, 0.2) is 30.9 Å². The van der Waals surface area contributed by atoms with Crippen molar-refractivity contribution in [3.63, 3.8) is 0 Å². The SMILES string of the molecule is CC[C@H]1CN(C(=O)C2CC2C)C[C@H]1Nc1c(C(N)=O)cnn2cc(-c3cnn(C)c3)cc12. The van der Waals surface area contributed by atoms with Crippen LogP contribution in [0, 0.1) is 17.8 Å². The smallest absolute Gasteiger partial charge is 0.252 e. The lowest BCUT2D eigenvalue weighted by Crippen LogP contribution is -2.33. The molecule has 0 radical (unpaired) electrons. The Hall–Kier alpha value is -3.36. The zero-order valence-electron chi connectivity index (χ0n) is 18.7. The molecule has 1 aliphatic carbocycles. The second kappa shape index (κ2) is 7.65. The predicted octanol–water partition coefficient (Wildman–Crippen LogP) is 2.14. The number of carbonyl (C=O) groups is 2. The molecule has 3 N–H and O–H groups in total. The summed E-state index contributed by atoms with van der Waals surface area (Å²) in [5.74, 6) is 0.694. The fourth-order valence-corrected chi connectivity index (χ4v) is 4.84. The van der Waals surface area contributed by atoms with E-state index >= 15 is 0 Å². The lowest BCUT2D eigenvalue weighted by Gasteiger charge is -2.21. The summed E-state index contributed by atoms with van der Waals surface area (Å²) < 4.78 is 3.50. The van der Waals surface area contributed by atoms with Gasteiger partial charge in [-0.3, -0.25) is 14.3 Å². The highest BCUT2D eigenvalue weighted by atomic mass is 16.2. The summed E-state index contributed by atoms with van der Waals surface area (Å²) in [6, 6.07) is 2.03. The minimum absolute atomic E-state index is 0.0408. The van der Waals surface area contributed by atoms with Gasteiger partial charge in [-0.15, -0.1) is 0 Å². The largest absolute Gasteiger partial charge is 0.378 e. The Labute approximate surface area is 186 Å². The molecule has 2 aliphatic rings. The number of amides is 2. The van der Waals surface area contributed by atoms with Gasteiger partial charge in [0.2, 0.25) is 5.91 Å². The molecule has 2 fully saturated rings. The predicted molar refractivity (Wildman–Crippen MR) is 121 cm³/mol. The molecule has 0 spiro atoms. The standard InChI is InChI=1S/C23H29N7O2/c1-4-14-10-29(23(32)17-5-13(17)2)12-19(14)27-21-18(22(24)31)8-26-30-11-15(6-20(21)30)16-7-25-28(3)9-16/h6-9,11,13-14,17,19,27H,4-5,10,12H2,1-3H3,(H2,24,31)/t13?,14-,17?,19+/m0/s1. The number of anilines is 1. The van der Waals surface area contributed by atoms with Crippen molar-refractivity contribution in [1.29, 1.82) is 0 Å². The third-order valence-corrected chi connectivity index (χ3v) is 6.97. The Kier molecular flexibility index (Phi) is 4.91. The molecule has 1 aliphatic heterocycles. The van der Waals surface area contributed by atoms with Gasteiger partial charge in [-0.25, -0.2) is 4.52 Å². The number of carbonyl (C=O) groups excluding carboxylic acids is 2. The number of nitrogens with two attached hydrogens (primary N) is 1. The molecule has 2 unspecified atom stereocenters. The maximum absolute atomic E-state index is 12.8. The van der Waals surface area contributed by atoms with Crippen molar-refractivity contribution in [1.82, 2.24) is 24.3 Å². The first kappa shape index (κ1) is 20.5. The van der Waals surface area contributed by atoms with Gasteiger partial charge < -0.3 is 16.0 Å². The van der Waals surface area contributed by atoms with Crippen LogP contribution in [-0.2, 0) is 11.8 Å². The molecule has 32 heavy (non-hydrogen) atoms. The minimum Gasteiger partial charge on any atom is -0.378 e. The number of fused-ring (bicyclic) bond motifs is 1. The van der Waals surface area contributed by atoms with Crippen molar-refractivity contribution >= 4 is 23.0 Å². The molecule has 9 heteroatoms. The first-order valence-electron chi connectivity index (χ1n) is 11.2. The number of nitrogens with one attached hydrogen (secondary N) is 1. The van der Waals surface area contributed by atoms with E-state index in [2.05, 4.69) is 29.4 Å². The number of aromatic nitrogens is 4. The van der Waals surface area contributed by atoms with Crippen LogP contribution < -0.4 is 11.1 Å². The molecule has 3 aromatic rings. The second-order valence-electron chi connectivity index (χ2n) is 9.24. The van der Waals surface area contributed by atoms with Gasteiger partial charge >= 0.3 is 0 Å². The number of primary amides is 1. The molecule has 1 saturated heterocycles. The molecule has 3 aromatic heterocycles. The molecule has 2 amide bonds. The van der Waals surface area contributed by atoms with Gasteiger partial charge in [0, 0.05) is 55.6 Å². The molecule has 5 rings (SSSR count). The molecule has 4 atom stereocenters. The lowest BCUT2D eigenvalue weighted by atomic mass is 10.00. The zero-order valence-corrected chi connectivity index (χ0v) is 18.7. The average Bonchev–Trinajstić information content (AvgIpc) is 3.15. The Morgan fingerprint density at radius 2 is 1.97 bits per heavy atom.